The van der Waals surface area contributed by atoms with Crippen molar-refractivity contribution in [1.29, 1.82) is 0 Å². The molecule has 1 aliphatic rings. The summed E-state index contributed by atoms with van der Waals surface area (Å²) in [5.74, 6) is 0.149. The third kappa shape index (κ3) is 1.48. The van der Waals surface area contributed by atoms with Gasteiger partial charge in [-0.15, -0.1) is 0 Å². The molecular formula is C7H13NO2. The second-order valence-corrected chi connectivity index (χ2v) is 2.64. The minimum absolute atomic E-state index is 0.149. The molecule has 0 bridgehead atoms. The van der Waals surface area contributed by atoms with Crippen molar-refractivity contribution in [3.63, 3.8) is 0 Å². The van der Waals surface area contributed by atoms with Crippen LogP contribution < -0.4 is 0 Å². The highest BCUT2D eigenvalue weighted by atomic mass is 16.5. The molecule has 10 heavy (non-hydrogen) atoms. The summed E-state index contributed by atoms with van der Waals surface area (Å²) in [6.07, 6.45) is 0. The number of hydrogen-bond donors (Lipinski definition) is 0. The Kier molecular flexibility index (Phi) is 2.27. The van der Waals surface area contributed by atoms with Crippen molar-refractivity contribution in [2.45, 2.75) is 19.9 Å². The van der Waals surface area contributed by atoms with Gasteiger partial charge in [-0.1, -0.05) is 0 Å². The number of carbonyl (C=O) groups excluding carboxylic acids is 1. The zero-order chi connectivity index (χ0) is 7.56. The molecule has 58 valence electrons. The average molecular weight is 143 g/mol. The number of ether oxygens (including phenoxy) is 1. The highest BCUT2D eigenvalue weighted by molar-refractivity contribution is 5.73. The maximum Gasteiger partial charge on any atom is 0.219 e. The first kappa shape index (κ1) is 7.54. The van der Waals surface area contributed by atoms with Crippen LogP contribution in [0.4, 0.5) is 0 Å². The van der Waals surface area contributed by atoms with Gasteiger partial charge in [0.25, 0.3) is 0 Å². The topological polar surface area (TPSA) is 29.5 Å². The molecule has 1 fully saturated rings. The lowest BCUT2D eigenvalue weighted by Gasteiger charge is -2.32. The summed E-state index contributed by atoms with van der Waals surface area (Å²) in [7, 11) is 0. The fourth-order valence-corrected chi connectivity index (χ4v) is 1.19. The molecule has 0 aromatic carbocycles. The van der Waals surface area contributed by atoms with E-state index >= 15 is 0 Å². The van der Waals surface area contributed by atoms with Gasteiger partial charge < -0.3 is 9.64 Å². The van der Waals surface area contributed by atoms with Crippen LogP contribution in [0.3, 0.4) is 0 Å². The molecule has 1 aliphatic heterocycles. The zero-order valence-electron chi connectivity index (χ0n) is 6.46. The van der Waals surface area contributed by atoms with E-state index in [0.717, 1.165) is 6.54 Å². The molecule has 0 aromatic heterocycles. The number of nitrogens with zero attached hydrogens (tertiary/aromatic N) is 1. The number of amides is 1. The number of rotatable bonds is 0. The maximum atomic E-state index is 10.9. The van der Waals surface area contributed by atoms with Gasteiger partial charge in [0.1, 0.15) is 0 Å². The molecule has 0 aliphatic carbocycles. The van der Waals surface area contributed by atoms with Gasteiger partial charge >= 0.3 is 0 Å². The van der Waals surface area contributed by atoms with Gasteiger partial charge in [0, 0.05) is 13.5 Å². The lowest BCUT2D eigenvalue weighted by atomic mass is 10.2. The van der Waals surface area contributed by atoms with Gasteiger partial charge in [-0.25, -0.2) is 0 Å². The van der Waals surface area contributed by atoms with E-state index in [1.165, 1.54) is 0 Å². The van der Waals surface area contributed by atoms with Gasteiger partial charge in [-0.2, -0.15) is 0 Å². The summed E-state index contributed by atoms with van der Waals surface area (Å²) < 4.78 is 5.17. The molecule has 1 rings (SSSR count). The van der Waals surface area contributed by atoms with E-state index in [4.69, 9.17) is 4.74 Å². The summed E-state index contributed by atoms with van der Waals surface area (Å²) in [5, 5.41) is 0. The number of carbonyl (C=O) groups is 1. The Morgan fingerprint density at radius 3 is 2.80 bits per heavy atom. The van der Waals surface area contributed by atoms with Crippen molar-refractivity contribution >= 4 is 5.91 Å². The summed E-state index contributed by atoms with van der Waals surface area (Å²) >= 11 is 0. The van der Waals surface area contributed by atoms with E-state index in [1.54, 1.807) is 6.92 Å². The first-order chi connectivity index (χ1) is 4.72. The molecule has 3 heteroatoms. The van der Waals surface area contributed by atoms with E-state index in [-0.39, 0.29) is 11.9 Å². The van der Waals surface area contributed by atoms with Gasteiger partial charge in [-0.05, 0) is 6.92 Å². The van der Waals surface area contributed by atoms with Crippen LogP contribution in [0, 0.1) is 0 Å². The largest absolute Gasteiger partial charge is 0.377 e. The molecule has 1 heterocycles. The number of morpholine rings is 1. The molecular weight excluding hydrogens is 130 g/mol. The zero-order valence-corrected chi connectivity index (χ0v) is 6.46. The van der Waals surface area contributed by atoms with Crippen molar-refractivity contribution in [3.8, 4) is 0 Å². The van der Waals surface area contributed by atoms with E-state index in [0.29, 0.717) is 13.2 Å². The first-order valence-corrected chi connectivity index (χ1v) is 3.57. The SMILES string of the molecule is CC(=O)N1CCOC[C@H]1C. The molecule has 1 amide bonds. The molecule has 0 aromatic rings. The Hall–Kier alpha value is -0.570. The second kappa shape index (κ2) is 3.01. The van der Waals surface area contributed by atoms with Crippen LogP contribution in [0.1, 0.15) is 13.8 Å². The minimum atomic E-state index is 0.149. The van der Waals surface area contributed by atoms with Gasteiger partial charge in [0.15, 0.2) is 0 Å². The molecule has 0 radical (unpaired) electrons. The smallest absolute Gasteiger partial charge is 0.219 e. The molecule has 1 saturated heterocycles. The van der Waals surface area contributed by atoms with Crippen LogP contribution >= 0.6 is 0 Å². The third-order valence-electron chi connectivity index (χ3n) is 1.77. The predicted molar refractivity (Wildman–Crippen MR) is 37.7 cm³/mol. The van der Waals surface area contributed by atoms with Crippen LogP contribution in [0.25, 0.3) is 0 Å². The summed E-state index contributed by atoms with van der Waals surface area (Å²) in [6, 6.07) is 0.256. The fraction of sp³-hybridized carbons (Fsp3) is 0.857. The van der Waals surface area contributed by atoms with Crippen molar-refractivity contribution in [2.24, 2.45) is 0 Å². The molecule has 3 nitrogen and oxygen atoms in total. The fourth-order valence-electron chi connectivity index (χ4n) is 1.19. The normalized spacial score (nSPS) is 26.6. The van der Waals surface area contributed by atoms with Crippen molar-refractivity contribution in [3.05, 3.63) is 0 Å². The van der Waals surface area contributed by atoms with E-state index in [2.05, 4.69) is 0 Å². The lowest BCUT2D eigenvalue weighted by Crippen LogP contribution is -2.46. The molecule has 0 N–H and O–H groups in total. The predicted octanol–water partition coefficient (Wildman–Crippen LogP) is 0.254. The average Bonchev–Trinajstić information content (AvgIpc) is 1.88. The van der Waals surface area contributed by atoms with Gasteiger partial charge in [-0.3, -0.25) is 4.79 Å². The van der Waals surface area contributed by atoms with Crippen molar-refractivity contribution in [1.82, 2.24) is 4.90 Å². The van der Waals surface area contributed by atoms with Crippen molar-refractivity contribution in [2.75, 3.05) is 19.8 Å². The Morgan fingerprint density at radius 2 is 2.40 bits per heavy atom. The van der Waals surface area contributed by atoms with E-state index < -0.39 is 0 Å². The van der Waals surface area contributed by atoms with Crippen LogP contribution in [-0.4, -0.2) is 36.6 Å². The van der Waals surface area contributed by atoms with Crippen LogP contribution in [0.5, 0.6) is 0 Å². The van der Waals surface area contributed by atoms with Gasteiger partial charge in [0.2, 0.25) is 5.91 Å². The Morgan fingerprint density at radius 1 is 1.70 bits per heavy atom. The molecule has 0 saturated carbocycles. The third-order valence-corrected chi connectivity index (χ3v) is 1.77. The van der Waals surface area contributed by atoms with Crippen LogP contribution in [0.2, 0.25) is 0 Å². The molecule has 1 atom stereocenters. The molecule has 0 unspecified atom stereocenters. The summed E-state index contributed by atoms with van der Waals surface area (Å²) in [4.78, 5) is 12.7. The maximum absolute atomic E-state index is 10.9. The Bertz CT molecular complexity index is 136. The summed E-state index contributed by atoms with van der Waals surface area (Å²) in [5.41, 5.74) is 0. The van der Waals surface area contributed by atoms with Gasteiger partial charge in [0.05, 0.1) is 19.3 Å². The highest BCUT2D eigenvalue weighted by Crippen LogP contribution is 2.05. The van der Waals surface area contributed by atoms with Crippen LogP contribution in [-0.2, 0) is 9.53 Å². The van der Waals surface area contributed by atoms with E-state index in [1.807, 2.05) is 11.8 Å². The van der Waals surface area contributed by atoms with E-state index in [9.17, 15) is 4.79 Å². The molecule has 0 spiro atoms. The standard InChI is InChI=1S/C7H13NO2/c1-6-5-10-4-3-8(6)7(2)9/h6H,3-5H2,1-2H3/t6-/m1/s1. The first-order valence-electron chi connectivity index (χ1n) is 3.57. The Labute approximate surface area is 61.0 Å². The monoisotopic (exact) mass is 143 g/mol. The Balaban J connectivity index is 2.47. The number of hydrogen-bond acceptors (Lipinski definition) is 2. The lowest BCUT2D eigenvalue weighted by molar-refractivity contribution is -0.136. The quantitative estimate of drug-likeness (QED) is 0.486. The highest BCUT2D eigenvalue weighted by Gasteiger charge is 2.19. The second-order valence-electron chi connectivity index (χ2n) is 2.64. The minimum Gasteiger partial charge on any atom is -0.377 e. The van der Waals surface area contributed by atoms with Crippen LogP contribution in [0.15, 0.2) is 0 Å². The van der Waals surface area contributed by atoms with Crippen molar-refractivity contribution < 1.29 is 9.53 Å². The summed E-state index contributed by atoms with van der Waals surface area (Å²) in [6.45, 7) is 5.71.